The number of anilines is 2. The van der Waals surface area contributed by atoms with Gasteiger partial charge in [-0.1, -0.05) is 41.7 Å². The number of nitro groups is 1. The Morgan fingerprint density at radius 1 is 1.02 bits per heavy atom. The Morgan fingerprint density at radius 2 is 1.77 bits per heavy atom. The summed E-state index contributed by atoms with van der Waals surface area (Å²) >= 11 is 2.73. The van der Waals surface area contributed by atoms with E-state index in [9.17, 15) is 29.3 Å². The Bertz CT molecular complexity index is 2020. The number of carbonyl (C=O) groups is 3. The summed E-state index contributed by atoms with van der Waals surface area (Å²) in [7, 11) is 0. The van der Waals surface area contributed by atoms with Gasteiger partial charge in [0, 0.05) is 39.4 Å². The molecule has 2 N–H and O–H groups in total. The van der Waals surface area contributed by atoms with Crippen molar-refractivity contribution in [3.63, 3.8) is 0 Å². The van der Waals surface area contributed by atoms with E-state index in [1.54, 1.807) is 11.8 Å². The fraction of sp³-hybridized carbons (Fsp3) is 0.294. The van der Waals surface area contributed by atoms with Gasteiger partial charge in [0.2, 0.25) is 11.8 Å². The zero-order chi connectivity index (χ0) is 32.6. The standard InChI is InChI=1S/C34H28N4O7S2/c1-16-5-4-6-17(13-16)35-24(39)15-45-23-8-3-2-7-20(23)25-26-21-14-22(29(26)46-31-30(25)47-34(42)36-31)28-27(21)32(40)37(33(28)41)18-9-11-19(12-10-18)38(43)44/h2-13,21-22,25-29H,14-15H2,1H3,(H,35,39)(H,36,42)/t21-,22-,25+,26-,27+,28+,29-/m1/s1. The van der Waals surface area contributed by atoms with E-state index in [1.807, 2.05) is 55.5 Å². The van der Waals surface area contributed by atoms with Crippen LogP contribution in [0, 0.1) is 46.6 Å². The summed E-state index contributed by atoms with van der Waals surface area (Å²) in [4.78, 5) is 69.1. The number of non-ortho nitro benzene ring substituents is 1. The predicted octanol–water partition coefficient (Wildman–Crippen LogP) is 5.35. The number of thioether (sulfide) groups is 1. The smallest absolute Gasteiger partial charge is 0.305 e. The number of carbonyl (C=O) groups excluding carboxylic acids is 3. The summed E-state index contributed by atoms with van der Waals surface area (Å²) in [5.74, 6) is -1.94. The first-order valence-corrected chi connectivity index (χ1v) is 17.0. The molecule has 0 spiro atoms. The monoisotopic (exact) mass is 668 g/mol. The average Bonchev–Trinajstić information content (AvgIpc) is 3.79. The number of para-hydroxylation sites is 1. The van der Waals surface area contributed by atoms with Crippen LogP contribution in [0.1, 0.15) is 28.3 Å². The Morgan fingerprint density at radius 3 is 2.51 bits per heavy atom. The van der Waals surface area contributed by atoms with Crippen molar-refractivity contribution >= 4 is 57.9 Å². The van der Waals surface area contributed by atoms with Crippen molar-refractivity contribution in [2.24, 2.45) is 29.6 Å². The number of nitrogens with zero attached hydrogens (tertiary/aromatic N) is 2. The van der Waals surface area contributed by atoms with Crippen molar-refractivity contribution in [1.29, 1.82) is 0 Å². The topological polar surface area (TPSA) is 152 Å². The van der Waals surface area contributed by atoms with E-state index in [1.165, 1.54) is 29.2 Å². The molecule has 0 unspecified atom stereocenters. The maximum absolute atomic E-state index is 14.0. The van der Waals surface area contributed by atoms with Crippen LogP contribution in [-0.2, 0) is 14.4 Å². The highest BCUT2D eigenvalue weighted by molar-refractivity contribution is 8.00. The number of imide groups is 1. The van der Waals surface area contributed by atoms with Gasteiger partial charge in [0.05, 0.1) is 27.5 Å². The lowest BCUT2D eigenvalue weighted by Gasteiger charge is -2.43. The fourth-order valence-electron chi connectivity index (χ4n) is 8.28. The maximum atomic E-state index is 14.0. The molecule has 8 rings (SSSR count). The summed E-state index contributed by atoms with van der Waals surface area (Å²) in [6, 6.07) is 20.5. The predicted molar refractivity (Wildman–Crippen MR) is 176 cm³/mol. The molecule has 11 nitrogen and oxygen atoms in total. The first kappa shape index (κ1) is 29.6. The average molecular weight is 669 g/mol. The van der Waals surface area contributed by atoms with Crippen LogP contribution in [0.3, 0.4) is 0 Å². The first-order valence-electron chi connectivity index (χ1n) is 15.3. The van der Waals surface area contributed by atoms with E-state index < -0.39 is 16.8 Å². The van der Waals surface area contributed by atoms with Gasteiger partial charge in [0.1, 0.15) is 5.75 Å². The van der Waals surface area contributed by atoms with Gasteiger partial charge in [-0.3, -0.25) is 34.2 Å². The molecule has 7 atom stereocenters. The van der Waals surface area contributed by atoms with Gasteiger partial charge in [-0.15, -0.1) is 11.8 Å². The van der Waals surface area contributed by atoms with Crippen molar-refractivity contribution in [3.8, 4) is 5.75 Å². The number of nitro benzene ring substituents is 1. The number of hydrogen-bond acceptors (Lipinski definition) is 9. The van der Waals surface area contributed by atoms with Crippen LogP contribution in [0.4, 0.5) is 17.1 Å². The summed E-state index contributed by atoms with van der Waals surface area (Å²) in [6.45, 7) is 1.73. The van der Waals surface area contributed by atoms with E-state index in [2.05, 4.69) is 10.3 Å². The van der Waals surface area contributed by atoms with Crippen LogP contribution in [0.5, 0.6) is 5.75 Å². The van der Waals surface area contributed by atoms with Gasteiger partial charge in [-0.25, -0.2) is 0 Å². The number of H-pyrrole nitrogens is 1. The number of hydrogen-bond donors (Lipinski definition) is 2. The van der Waals surface area contributed by atoms with Crippen LogP contribution >= 0.6 is 23.1 Å². The Kier molecular flexibility index (Phi) is 7.06. The molecule has 1 saturated heterocycles. The van der Waals surface area contributed by atoms with Crippen LogP contribution in [-0.4, -0.2) is 39.5 Å². The molecule has 47 heavy (non-hydrogen) atoms. The van der Waals surface area contributed by atoms with Crippen LogP contribution < -0.4 is 19.8 Å². The number of rotatable bonds is 7. The molecule has 3 amide bonds. The number of aromatic nitrogens is 1. The molecule has 2 bridgehead atoms. The van der Waals surface area contributed by atoms with E-state index >= 15 is 0 Å². The number of aromatic amines is 1. The highest BCUT2D eigenvalue weighted by Crippen LogP contribution is 2.69. The van der Waals surface area contributed by atoms with Gasteiger partial charge in [-0.05, 0) is 67.0 Å². The lowest BCUT2D eigenvalue weighted by molar-refractivity contribution is -0.384. The van der Waals surface area contributed by atoms with Gasteiger partial charge in [0.25, 0.3) is 11.6 Å². The summed E-state index contributed by atoms with van der Waals surface area (Å²) in [5, 5.41) is 14.8. The normalized spacial score (nSPS) is 26.9. The molecule has 1 aromatic heterocycles. The quantitative estimate of drug-likeness (QED) is 0.152. The van der Waals surface area contributed by atoms with Gasteiger partial charge >= 0.3 is 4.87 Å². The summed E-state index contributed by atoms with van der Waals surface area (Å²) in [6.07, 6.45) is 0.709. The molecule has 2 aliphatic heterocycles. The molecule has 238 valence electrons. The SMILES string of the molecule is Cc1cccc(NC(=O)COc2ccccc2[C@@H]2c3sc(=O)[nH]c3S[C@@H]3[C@@H]4C[C@@H]([C@@H]5C(=O)N(c6ccc([N+](=O)[O-])cc6)C(=O)[C@@H]45)[C@H]23)c1. The minimum absolute atomic E-state index is 0.0322. The number of benzene rings is 3. The van der Waals surface area contributed by atoms with Crippen LogP contribution in [0.25, 0.3) is 0 Å². The summed E-state index contributed by atoms with van der Waals surface area (Å²) < 4.78 is 6.15. The van der Waals surface area contributed by atoms with Crippen molar-refractivity contribution in [2.45, 2.75) is 29.5 Å². The fourth-order valence-corrected chi connectivity index (χ4v) is 11.2. The Balaban J connectivity index is 1.11. The highest BCUT2D eigenvalue weighted by Gasteiger charge is 2.69. The molecule has 3 aromatic carbocycles. The third-order valence-corrected chi connectivity index (χ3v) is 12.5. The first-order chi connectivity index (χ1) is 22.7. The molecule has 4 aliphatic rings. The molecule has 3 fully saturated rings. The van der Waals surface area contributed by atoms with E-state index in [-0.39, 0.29) is 63.8 Å². The highest BCUT2D eigenvalue weighted by atomic mass is 32.2. The van der Waals surface area contributed by atoms with Gasteiger partial charge in [-0.2, -0.15) is 0 Å². The van der Waals surface area contributed by atoms with Crippen LogP contribution in [0.15, 0.2) is 82.6 Å². The lowest BCUT2D eigenvalue weighted by Crippen LogP contribution is -2.42. The molecule has 13 heteroatoms. The molecule has 4 aromatic rings. The molecular weight excluding hydrogens is 641 g/mol. The molecule has 2 aliphatic carbocycles. The third-order valence-electron chi connectivity index (χ3n) is 9.96. The minimum Gasteiger partial charge on any atom is -0.483 e. The van der Waals surface area contributed by atoms with Crippen LogP contribution in [0.2, 0.25) is 0 Å². The number of ether oxygens (including phenoxy) is 1. The second-order valence-electron chi connectivity index (χ2n) is 12.5. The number of nitrogens with one attached hydrogen (secondary N) is 2. The number of fused-ring (bicyclic) bond motifs is 9. The second kappa shape index (κ2) is 11.2. The second-order valence-corrected chi connectivity index (χ2v) is 14.7. The number of amides is 3. The largest absolute Gasteiger partial charge is 0.483 e. The van der Waals surface area contributed by atoms with Crippen molar-refractivity contribution < 1.29 is 24.0 Å². The van der Waals surface area contributed by atoms with E-state index in [0.717, 1.165) is 32.4 Å². The molecular formula is C34H28N4O7S2. The summed E-state index contributed by atoms with van der Waals surface area (Å²) in [5.41, 5.74) is 2.74. The van der Waals surface area contributed by atoms with Gasteiger partial charge in [0.15, 0.2) is 6.61 Å². The zero-order valence-corrected chi connectivity index (χ0v) is 26.6. The third kappa shape index (κ3) is 4.78. The minimum atomic E-state index is -0.530. The lowest BCUT2D eigenvalue weighted by atomic mass is 9.68. The number of aryl methyl sites for hydroxylation is 1. The van der Waals surface area contributed by atoms with Crippen molar-refractivity contribution in [2.75, 3.05) is 16.8 Å². The van der Waals surface area contributed by atoms with E-state index in [4.69, 9.17) is 4.74 Å². The van der Waals surface area contributed by atoms with E-state index in [0.29, 0.717) is 23.5 Å². The maximum Gasteiger partial charge on any atom is 0.305 e. The zero-order valence-electron chi connectivity index (χ0n) is 25.0. The Labute approximate surface area is 276 Å². The van der Waals surface area contributed by atoms with Crippen molar-refractivity contribution in [1.82, 2.24) is 4.98 Å². The molecule has 3 heterocycles. The Hall–Kier alpha value is -4.75. The number of thiazole rings is 1. The van der Waals surface area contributed by atoms with Gasteiger partial charge < -0.3 is 15.0 Å². The van der Waals surface area contributed by atoms with Crippen molar-refractivity contribution in [3.05, 3.63) is 109 Å². The molecule has 0 radical (unpaired) electrons. The molecule has 2 saturated carbocycles.